The molecule has 0 bridgehead atoms. The Hall–Kier alpha value is -1.12. The number of ether oxygens (including phenoxy) is 1. The van der Waals surface area contributed by atoms with Gasteiger partial charge in [-0.25, -0.2) is 0 Å². The van der Waals surface area contributed by atoms with Crippen LogP contribution in [-0.4, -0.2) is 6.11 Å². The number of rotatable bonds is 6. The van der Waals surface area contributed by atoms with E-state index in [1.165, 1.54) is 38.5 Å². The summed E-state index contributed by atoms with van der Waals surface area (Å²) in [6.45, 7) is 2.27. The lowest BCUT2D eigenvalue weighted by Crippen LogP contribution is -2.38. The molecule has 2 aliphatic rings. The molecule has 1 aromatic carbocycles. The Labute approximate surface area is 151 Å². The first-order valence-electron chi connectivity index (χ1n) is 10.2. The molecule has 0 heterocycles. The largest absolute Gasteiger partial charge is 0.432 e. The molecule has 0 spiro atoms. The standard InChI is InChI=1S/C22H32F2O/c1-2-6-17-9-11-18(12-10-17)19-13-15-20(16-14-19)22(23,24)25-21-7-4-3-5-8-21/h3-5,7-8,17-20H,2,6,9-16H2,1H3/t17-,18-,19-,20-. The maximum atomic E-state index is 14.5. The van der Waals surface area contributed by atoms with Crippen molar-refractivity contribution < 1.29 is 13.5 Å². The predicted octanol–water partition coefficient (Wildman–Crippen LogP) is 7.07. The molecule has 0 aliphatic heterocycles. The van der Waals surface area contributed by atoms with E-state index in [2.05, 4.69) is 6.92 Å². The van der Waals surface area contributed by atoms with E-state index in [4.69, 9.17) is 4.74 Å². The first kappa shape index (κ1) is 18.7. The molecule has 0 atom stereocenters. The Kier molecular flexibility index (Phi) is 6.35. The average Bonchev–Trinajstić information content (AvgIpc) is 2.63. The normalized spacial score (nSPS) is 30.8. The van der Waals surface area contributed by atoms with Gasteiger partial charge in [-0.1, -0.05) is 50.8 Å². The topological polar surface area (TPSA) is 9.23 Å². The van der Waals surface area contributed by atoms with Crippen LogP contribution in [0.5, 0.6) is 5.75 Å². The molecule has 2 fully saturated rings. The summed E-state index contributed by atoms with van der Waals surface area (Å²) in [7, 11) is 0. The molecule has 25 heavy (non-hydrogen) atoms. The van der Waals surface area contributed by atoms with E-state index in [0.717, 1.165) is 24.7 Å². The number of halogens is 2. The fourth-order valence-corrected chi connectivity index (χ4v) is 5.01. The van der Waals surface area contributed by atoms with Crippen LogP contribution in [0.25, 0.3) is 0 Å². The van der Waals surface area contributed by atoms with E-state index in [-0.39, 0.29) is 5.75 Å². The monoisotopic (exact) mass is 350 g/mol. The lowest BCUT2D eigenvalue weighted by molar-refractivity contribution is -0.224. The van der Waals surface area contributed by atoms with E-state index >= 15 is 0 Å². The zero-order valence-electron chi connectivity index (χ0n) is 15.4. The maximum absolute atomic E-state index is 14.5. The molecule has 3 rings (SSSR count). The van der Waals surface area contributed by atoms with Crippen molar-refractivity contribution in [2.75, 3.05) is 0 Å². The van der Waals surface area contributed by atoms with Gasteiger partial charge in [-0.15, -0.1) is 0 Å². The molecule has 0 aromatic heterocycles. The molecular weight excluding hydrogens is 318 g/mol. The van der Waals surface area contributed by atoms with Gasteiger partial charge in [0.25, 0.3) is 0 Å². The van der Waals surface area contributed by atoms with Crippen molar-refractivity contribution in [2.45, 2.75) is 77.2 Å². The third-order valence-electron chi connectivity index (χ3n) is 6.50. The molecule has 2 saturated carbocycles. The lowest BCUT2D eigenvalue weighted by atomic mass is 9.68. The molecule has 1 aromatic rings. The van der Waals surface area contributed by atoms with Crippen LogP contribution in [0.3, 0.4) is 0 Å². The van der Waals surface area contributed by atoms with E-state index in [0.29, 0.717) is 18.8 Å². The van der Waals surface area contributed by atoms with Crippen molar-refractivity contribution in [2.24, 2.45) is 23.7 Å². The van der Waals surface area contributed by atoms with Gasteiger partial charge in [0.2, 0.25) is 0 Å². The third kappa shape index (κ3) is 4.95. The van der Waals surface area contributed by atoms with Crippen molar-refractivity contribution in [3.8, 4) is 5.75 Å². The number of hydrogen-bond acceptors (Lipinski definition) is 1. The lowest BCUT2D eigenvalue weighted by Gasteiger charge is -2.39. The summed E-state index contributed by atoms with van der Waals surface area (Å²) in [5, 5.41) is 0. The molecule has 2 aliphatic carbocycles. The van der Waals surface area contributed by atoms with E-state index in [1.54, 1.807) is 24.3 Å². The third-order valence-corrected chi connectivity index (χ3v) is 6.50. The van der Waals surface area contributed by atoms with E-state index < -0.39 is 12.0 Å². The molecular formula is C22H32F2O. The van der Waals surface area contributed by atoms with E-state index in [1.807, 2.05) is 6.07 Å². The molecule has 0 saturated heterocycles. The first-order valence-corrected chi connectivity index (χ1v) is 10.2. The van der Waals surface area contributed by atoms with Gasteiger partial charge in [-0.3, -0.25) is 0 Å². The van der Waals surface area contributed by atoms with Gasteiger partial charge in [0.05, 0.1) is 5.92 Å². The zero-order valence-corrected chi connectivity index (χ0v) is 15.4. The summed E-state index contributed by atoms with van der Waals surface area (Å²) >= 11 is 0. The summed E-state index contributed by atoms with van der Waals surface area (Å²) in [5.74, 6) is 1.98. The smallest absolute Gasteiger partial charge is 0.400 e. The van der Waals surface area contributed by atoms with Crippen LogP contribution >= 0.6 is 0 Å². The highest BCUT2D eigenvalue weighted by Crippen LogP contribution is 2.45. The van der Waals surface area contributed by atoms with Gasteiger partial charge in [-0.05, 0) is 68.4 Å². The number of benzene rings is 1. The van der Waals surface area contributed by atoms with Gasteiger partial charge in [-0.2, -0.15) is 8.78 Å². The maximum Gasteiger partial charge on any atom is 0.400 e. The fourth-order valence-electron chi connectivity index (χ4n) is 5.01. The van der Waals surface area contributed by atoms with Gasteiger partial charge in [0.15, 0.2) is 0 Å². The van der Waals surface area contributed by atoms with Gasteiger partial charge >= 0.3 is 6.11 Å². The molecule has 0 radical (unpaired) electrons. The second-order valence-corrected chi connectivity index (χ2v) is 8.16. The van der Waals surface area contributed by atoms with Crippen molar-refractivity contribution in [1.82, 2.24) is 0 Å². The second kappa shape index (κ2) is 8.51. The van der Waals surface area contributed by atoms with Gasteiger partial charge in [0.1, 0.15) is 5.75 Å². The number of para-hydroxylation sites is 1. The van der Waals surface area contributed by atoms with Crippen LogP contribution in [0.1, 0.15) is 71.1 Å². The highest BCUT2D eigenvalue weighted by Gasteiger charge is 2.45. The summed E-state index contributed by atoms with van der Waals surface area (Å²) in [6.07, 6.45) is 8.03. The van der Waals surface area contributed by atoms with E-state index in [9.17, 15) is 8.78 Å². The minimum atomic E-state index is -3.05. The molecule has 0 unspecified atom stereocenters. The Morgan fingerprint density at radius 3 is 2.00 bits per heavy atom. The van der Waals surface area contributed by atoms with Crippen LogP contribution in [0.4, 0.5) is 8.78 Å². The van der Waals surface area contributed by atoms with Gasteiger partial charge in [0, 0.05) is 0 Å². The predicted molar refractivity (Wildman–Crippen MR) is 97.8 cm³/mol. The summed E-state index contributed by atoms with van der Waals surface area (Å²) in [5.41, 5.74) is 0. The Morgan fingerprint density at radius 2 is 1.44 bits per heavy atom. The van der Waals surface area contributed by atoms with Crippen LogP contribution in [0, 0.1) is 23.7 Å². The quantitative estimate of drug-likeness (QED) is 0.533. The Bertz CT molecular complexity index is 500. The highest BCUT2D eigenvalue weighted by molar-refractivity contribution is 5.21. The average molecular weight is 350 g/mol. The number of hydrogen-bond donors (Lipinski definition) is 0. The van der Waals surface area contributed by atoms with Crippen LogP contribution < -0.4 is 4.74 Å². The zero-order chi connectivity index (χ0) is 17.7. The highest BCUT2D eigenvalue weighted by atomic mass is 19.3. The minimum absolute atomic E-state index is 0.267. The SMILES string of the molecule is CCC[C@H]1CC[C@H]([C@H]2CC[C@H](C(F)(F)Oc3ccccc3)CC2)CC1. The van der Waals surface area contributed by atoms with Crippen LogP contribution in [0.2, 0.25) is 0 Å². The molecule has 140 valence electrons. The minimum Gasteiger partial charge on any atom is -0.432 e. The molecule has 1 nitrogen and oxygen atoms in total. The molecule has 0 amide bonds. The Morgan fingerprint density at radius 1 is 0.880 bits per heavy atom. The molecule has 3 heteroatoms. The van der Waals surface area contributed by atoms with Crippen molar-refractivity contribution in [3.63, 3.8) is 0 Å². The van der Waals surface area contributed by atoms with Crippen LogP contribution in [-0.2, 0) is 0 Å². The summed E-state index contributed by atoms with van der Waals surface area (Å²) in [4.78, 5) is 0. The fraction of sp³-hybridized carbons (Fsp3) is 0.727. The second-order valence-electron chi connectivity index (χ2n) is 8.16. The van der Waals surface area contributed by atoms with Crippen molar-refractivity contribution in [3.05, 3.63) is 30.3 Å². The first-order chi connectivity index (χ1) is 12.1. The van der Waals surface area contributed by atoms with Crippen LogP contribution in [0.15, 0.2) is 30.3 Å². The van der Waals surface area contributed by atoms with Crippen molar-refractivity contribution in [1.29, 1.82) is 0 Å². The van der Waals surface area contributed by atoms with Crippen molar-refractivity contribution >= 4 is 0 Å². The Balaban J connectivity index is 1.47. The summed E-state index contributed by atoms with van der Waals surface area (Å²) in [6, 6.07) is 8.49. The van der Waals surface area contributed by atoms with Gasteiger partial charge < -0.3 is 4.74 Å². The summed E-state index contributed by atoms with van der Waals surface area (Å²) < 4.78 is 34.0. The number of alkyl halides is 2. The molecule has 0 N–H and O–H groups in total.